The highest BCUT2D eigenvalue weighted by Gasteiger charge is 2.32. The molecule has 1 N–H and O–H groups in total. The summed E-state index contributed by atoms with van der Waals surface area (Å²) >= 11 is 5.48. The summed E-state index contributed by atoms with van der Waals surface area (Å²) < 4.78 is 36.8. The zero-order valence-corrected chi connectivity index (χ0v) is 8.28. The van der Waals surface area contributed by atoms with Crippen LogP contribution in [0.5, 0.6) is 0 Å². The van der Waals surface area contributed by atoms with Gasteiger partial charge >= 0.3 is 6.18 Å². The number of carbonyl (C=O) groups is 1. The highest BCUT2D eigenvalue weighted by molar-refractivity contribution is 6.32. The summed E-state index contributed by atoms with van der Waals surface area (Å²) in [7, 11) is 1.29. The lowest BCUT2D eigenvalue weighted by molar-refractivity contribution is -0.137. The van der Waals surface area contributed by atoms with Crippen LogP contribution in [-0.2, 0) is 6.18 Å². The number of nitrogens with zero attached hydrogens (tertiary/aromatic N) is 1. The second-order valence-corrected chi connectivity index (χ2v) is 3.00. The zero-order chi connectivity index (χ0) is 11.6. The maximum Gasteiger partial charge on any atom is 0.417 e. The van der Waals surface area contributed by atoms with Crippen LogP contribution in [0.2, 0.25) is 5.15 Å². The monoisotopic (exact) mass is 238 g/mol. The molecule has 1 aromatic heterocycles. The molecule has 0 aliphatic heterocycles. The highest BCUT2D eigenvalue weighted by Crippen LogP contribution is 2.30. The van der Waals surface area contributed by atoms with Crippen molar-refractivity contribution in [2.45, 2.75) is 6.18 Å². The van der Waals surface area contributed by atoms with Crippen LogP contribution in [0, 0.1) is 0 Å². The summed E-state index contributed by atoms with van der Waals surface area (Å²) in [4.78, 5) is 14.4. The largest absolute Gasteiger partial charge is 0.417 e. The number of pyridine rings is 1. The van der Waals surface area contributed by atoms with Crippen molar-refractivity contribution in [2.75, 3.05) is 7.05 Å². The Balaban J connectivity index is 3.23. The zero-order valence-electron chi connectivity index (χ0n) is 7.52. The molecule has 1 aromatic rings. The lowest BCUT2D eigenvalue weighted by atomic mass is 10.2. The molecule has 1 rings (SSSR count). The van der Waals surface area contributed by atoms with Crippen molar-refractivity contribution in [1.82, 2.24) is 10.3 Å². The fourth-order valence-electron chi connectivity index (χ4n) is 0.897. The fourth-order valence-corrected chi connectivity index (χ4v) is 1.09. The lowest BCUT2D eigenvalue weighted by Gasteiger charge is -2.08. The first-order valence-electron chi connectivity index (χ1n) is 3.81. The van der Waals surface area contributed by atoms with Gasteiger partial charge in [0.25, 0.3) is 5.91 Å². The number of rotatable bonds is 1. The number of halogens is 4. The van der Waals surface area contributed by atoms with E-state index in [4.69, 9.17) is 11.6 Å². The molecule has 0 radical (unpaired) electrons. The Hall–Kier alpha value is -1.30. The van der Waals surface area contributed by atoms with Crippen LogP contribution in [0.4, 0.5) is 13.2 Å². The van der Waals surface area contributed by atoms with E-state index in [9.17, 15) is 18.0 Å². The molecule has 15 heavy (non-hydrogen) atoms. The molecule has 0 aromatic carbocycles. The van der Waals surface area contributed by atoms with Gasteiger partial charge in [0, 0.05) is 13.2 Å². The molecule has 7 heteroatoms. The van der Waals surface area contributed by atoms with E-state index in [0.29, 0.717) is 12.3 Å². The molecule has 1 amide bonds. The number of hydrogen-bond acceptors (Lipinski definition) is 2. The van der Waals surface area contributed by atoms with Crippen molar-refractivity contribution >= 4 is 17.5 Å². The Bertz CT molecular complexity index is 392. The van der Waals surface area contributed by atoms with E-state index >= 15 is 0 Å². The average Bonchev–Trinajstić information content (AvgIpc) is 2.15. The molecule has 0 atom stereocenters. The first kappa shape index (κ1) is 11.8. The SMILES string of the molecule is CNC(=O)c1cc(C(F)(F)F)cnc1Cl. The average molecular weight is 239 g/mol. The Morgan fingerprint density at radius 1 is 1.53 bits per heavy atom. The molecule has 0 bridgehead atoms. The first-order chi connectivity index (χ1) is 6.86. The predicted molar refractivity (Wildman–Crippen MR) is 47.6 cm³/mol. The van der Waals surface area contributed by atoms with Crippen molar-refractivity contribution in [2.24, 2.45) is 0 Å². The quantitative estimate of drug-likeness (QED) is 0.762. The predicted octanol–water partition coefficient (Wildman–Crippen LogP) is 2.11. The standard InChI is InChI=1S/C8H6ClF3N2O/c1-13-7(15)5-2-4(8(10,11)12)3-14-6(5)9/h2-3H,1H3,(H,13,15). The summed E-state index contributed by atoms with van der Waals surface area (Å²) in [5.74, 6) is -0.710. The highest BCUT2D eigenvalue weighted by atomic mass is 35.5. The van der Waals surface area contributed by atoms with E-state index in [1.54, 1.807) is 0 Å². The molecule has 0 saturated carbocycles. The van der Waals surface area contributed by atoms with Gasteiger partial charge in [0.05, 0.1) is 11.1 Å². The van der Waals surface area contributed by atoms with Crippen LogP contribution >= 0.6 is 11.6 Å². The van der Waals surface area contributed by atoms with E-state index < -0.39 is 17.6 Å². The number of carbonyl (C=O) groups excluding carboxylic acids is 1. The molecule has 0 spiro atoms. The van der Waals surface area contributed by atoms with Crippen molar-refractivity contribution in [1.29, 1.82) is 0 Å². The number of alkyl halides is 3. The summed E-state index contributed by atoms with van der Waals surface area (Å²) in [5, 5.41) is 1.91. The van der Waals surface area contributed by atoms with Gasteiger partial charge < -0.3 is 5.32 Å². The second kappa shape index (κ2) is 4.06. The van der Waals surface area contributed by atoms with Gasteiger partial charge in [0.15, 0.2) is 0 Å². The van der Waals surface area contributed by atoms with Gasteiger partial charge in [-0.05, 0) is 6.07 Å². The number of hydrogen-bond donors (Lipinski definition) is 1. The minimum atomic E-state index is -4.54. The van der Waals surface area contributed by atoms with Gasteiger partial charge in [-0.3, -0.25) is 4.79 Å². The van der Waals surface area contributed by atoms with Crippen LogP contribution in [0.3, 0.4) is 0 Å². The van der Waals surface area contributed by atoms with Crippen LogP contribution in [0.15, 0.2) is 12.3 Å². The molecule has 0 saturated heterocycles. The van der Waals surface area contributed by atoms with Gasteiger partial charge in [-0.15, -0.1) is 0 Å². The van der Waals surface area contributed by atoms with Gasteiger partial charge in [-0.1, -0.05) is 11.6 Å². The fraction of sp³-hybridized carbons (Fsp3) is 0.250. The Labute approximate surface area is 88.3 Å². The van der Waals surface area contributed by atoms with E-state index in [-0.39, 0.29) is 10.7 Å². The van der Waals surface area contributed by atoms with Gasteiger partial charge in [-0.25, -0.2) is 4.98 Å². The molecular weight excluding hydrogens is 233 g/mol. The third kappa shape index (κ3) is 2.59. The third-order valence-electron chi connectivity index (χ3n) is 1.64. The summed E-state index contributed by atoms with van der Waals surface area (Å²) in [6, 6.07) is 0.661. The van der Waals surface area contributed by atoms with Crippen molar-refractivity contribution < 1.29 is 18.0 Å². The molecule has 0 aliphatic rings. The summed E-state index contributed by atoms with van der Waals surface area (Å²) in [6.45, 7) is 0. The normalized spacial score (nSPS) is 11.3. The van der Waals surface area contributed by atoms with Gasteiger partial charge in [-0.2, -0.15) is 13.2 Å². The second-order valence-electron chi connectivity index (χ2n) is 2.64. The third-order valence-corrected chi connectivity index (χ3v) is 1.94. The van der Waals surface area contributed by atoms with E-state index in [0.717, 1.165) is 0 Å². The Morgan fingerprint density at radius 3 is 2.60 bits per heavy atom. The molecule has 0 aliphatic carbocycles. The maximum atomic E-state index is 12.3. The minimum Gasteiger partial charge on any atom is -0.355 e. The van der Waals surface area contributed by atoms with E-state index in [1.807, 2.05) is 0 Å². The van der Waals surface area contributed by atoms with Crippen LogP contribution in [-0.4, -0.2) is 17.9 Å². The molecule has 1 heterocycles. The number of aromatic nitrogens is 1. The number of nitrogens with one attached hydrogen (secondary N) is 1. The van der Waals surface area contributed by atoms with Crippen LogP contribution in [0.25, 0.3) is 0 Å². The first-order valence-corrected chi connectivity index (χ1v) is 4.19. The summed E-state index contributed by atoms with van der Waals surface area (Å²) in [6.07, 6.45) is -3.96. The minimum absolute atomic E-state index is 0.262. The van der Waals surface area contributed by atoms with E-state index in [1.165, 1.54) is 7.05 Å². The molecule has 0 unspecified atom stereocenters. The molecule has 82 valence electrons. The van der Waals surface area contributed by atoms with Crippen molar-refractivity contribution in [3.63, 3.8) is 0 Å². The van der Waals surface area contributed by atoms with Crippen molar-refractivity contribution in [3.05, 3.63) is 28.5 Å². The lowest BCUT2D eigenvalue weighted by Crippen LogP contribution is -2.19. The van der Waals surface area contributed by atoms with E-state index in [2.05, 4.69) is 10.3 Å². The van der Waals surface area contributed by atoms with Gasteiger partial charge in [0.1, 0.15) is 5.15 Å². The summed E-state index contributed by atoms with van der Waals surface area (Å²) in [5.41, 5.74) is -1.31. The maximum absolute atomic E-state index is 12.3. The molecule has 3 nitrogen and oxygen atoms in total. The molecular formula is C8H6ClF3N2O. The molecule has 0 fully saturated rings. The number of amides is 1. The Kier molecular flexibility index (Phi) is 3.18. The Morgan fingerprint density at radius 2 is 2.13 bits per heavy atom. The van der Waals surface area contributed by atoms with Gasteiger partial charge in [0.2, 0.25) is 0 Å². The smallest absolute Gasteiger partial charge is 0.355 e. The van der Waals surface area contributed by atoms with Crippen molar-refractivity contribution in [3.8, 4) is 0 Å². The van der Waals surface area contributed by atoms with Crippen LogP contribution in [0.1, 0.15) is 15.9 Å². The van der Waals surface area contributed by atoms with Crippen LogP contribution < -0.4 is 5.32 Å². The topological polar surface area (TPSA) is 42.0 Å².